The predicted molar refractivity (Wildman–Crippen MR) is 130 cm³/mol. The highest BCUT2D eigenvalue weighted by Gasteiger charge is 2.46. The van der Waals surface area contributed by atoms with E-state index in [1.165, 1.54) is 4.90 Å². The van der Waals surface area contributed by atoms with E-state index in [1.807, 2.05) is 18.2 Å². The third-order valence-corrected chi connectivity index (χ3v) is 5.90. The van der Waals surface area contributed by atoms with E-state index in [9.17, 15) is 14.4 Å². The molecule has 0 bridgehead atoms. The average molecular weight is 482 g/mol. The summed E-state index contributed by atoms with van der Waals surface area (Å²) in [7, 11) is 0. The molecule has 0 saturated carbocycles. The minimum absolute atomic E-state index is 0.149. The quantitative estimate of drug-likeness (QED) is 0.459. The molecule has 0 radical (unpaired) electrons. The number of halogens is 2. The van der Waals surface area contributed by atoms with Gasteiger partial charge >= 0.3 is 6.03 Å². The van der Waals surface area contributed by atoms with E-state index >= 15 is 0 Å². The number of carbonyl (C=O) groups excluding carboxylic acids is 3. The lowest BCUT2D eigenvalue weighted by Gasteiger charge is -2.21. The first-order chi connectivity index (χ1) is 15.9. The van der Waals surface area contributed by atoms with Crippen LogP contribution < -0.4 is 10.2 Å². The molecular weight excluding hydrogens is 461 g/mol. The summed E-state index contributed by atoms with van der Waals surface area (Å²) in [5.41, 5.74) is 2.01. The molecule has 0 unspecified atom stereocenters. The Morgan fingerprint density at radius 2 is 1.45 bits per heavy atom. The monoisotopic (exact) mass is 481 g/mol. The molecule has 1 heterocycles. The van der Waals surface area contributed by atoms with E-state index in [1.54, 1.807) is 60.7 Å². The number of amides is 4. The van der Waals surface area contributed by atoms with Crippen LogP contribution in [0.4, 0.5) is 16.2 Å². The van der Waals surface area contributed by atoms with Crippen molar-refractivity contribution < 1.29 is 14.4 Å². The van der Waals surface area contributed by atoms with Gasteiger partial charge in [-0.25, -0.2) is 9.69 Å². The lowest BCUT2D eigenvalue weighted by atomic mass is 10.1. The molecule has 1 fully saturated rings. The van der Waals surface area contributed by atoms with E-state index in [-0.39, 0.29) is 18.9 Å². The van der Waals surface area contributed by atoms with E-state index in [0.717, 1.165) is 10.5 Å². The zero-order valence-corrected chi connectivity index (χ0v) is 19.1. The van der Waals surface area contributed by atoms with Gasteiger partial charge in [-0.1, -0.05) is 53.5 Å². The van der Waals surface area contributed by atoms with Gasteiger partial charge in [-0.05, 0) is 60.5 Å². The van der Waals surface area contributed by atoms with Gasteiger partial charge in [0.15, 0.2) is 0 Å². The summed E-state index contributed by atoms with van der Waals surface area (Å²) in [5.74, 6) is -0.788. The van der Waals surface area contributed by atoms with Crippen molar-refractivity contribution in [3.05, 3.63) is 94.5 Å². The Balaban J connectivity index is 1.55. The van der Waals surface area contributed by atoms with Crippen LogP contribution in [0.5, 0.6) is 0 Å². The lowest BCUT2D eigenvalue weighted by molar-refractivity contribution is -0.124. The molecule has 0 spiro atoms. The van der Waals surface area contributed by atoms with Gasteiger partial charge in [0, 0.05) is 22.3 Å². The van der Waals surface area contributed by atoms with Crippen molar-refractivity contribution in [2.75, 3.05) is 16.8 Å². The second-order valence-electron chi connectivity index (χ2n) is 7.64. The van der Waals surface area contributed by atoms with Crippen LogP contribution in [0.15, 0.2) is 78.9 Å². The predicted octanol–water partition coefficient (Wildman–Crippen LogP) is 5.40. The Hall–Kier alpha value is -3.35. The van der Waals surface area contributed by atoms with Crippen LogP contribution in [-0.4, -0.2) is 35.3 Å². The molecule has 1 aliphatic heterocycles. The van der Waals surface area contributed by atoms with E-state index < -0.39 is 18.0 Å². The maximum Gasteiger partial charge on any atom is 0.332 e. The molecule has 0 aromatic heterocycles. The smallest absolute Gasteiger partial charge is 0.326 e. The van der Waals surface area contributed by atoms with Crippen molar-refractivity contribution in [2.45, 2.75) is 18.9 Å². The Morgan fingerprint density at radius 1 is 0.848 bits per heavy atom. The number of nitrogens with one attached hydrogen (secondary N) is 1. The van der Waals surface area contributed by atoms with Crippen molar-refractivity contribution in [3.8, 4) is 0 Å². The van der Waals surface area contributed by atoms with Gasteiger partial charge in [0.1, 0.15) is 6.04 Å². The number of anilines is 2. The number of rotatable bonds is 7. The largest absolute Gasteiger partial charge is 0.332 e. The number of para-hydroxylation sites is 1. The summed E-state index contributed by atoms with van der Waals surface area (Å²) in [6.45, 7) is 0.277. The number of hydrogen-bond donors (Lipinski definition) is 1. The number of carbonyl (C=O) groups is 3. The van der Waals surface area contributed by atoms with E-state index in [4.69, 9.17) is 23.2 Å². The van der Waals surface area contributed by atoms with Gasteiger partial charge in [-0.3, -0.25) is 9.59 Å². The topological polar surface area (TPSA) is 69.7 Å². The van der Waals surface area contributed by atoms with E-state index in [0.29, 0.717) is 27.8 Å². The number of benzene rings is 3. The van der Waals surface area contributed by atoms with Gasteiger partial charge in [0.2, 0.25) is 5.91 Å². The van der Waals surface area contributed by atoms with Crippen LogP contribution in [0.3, 0.4) is 0 Å². The highest BCUT2D eigenvalue weighted by molar-refractivity contribution is 6.31. The Bertz CT molecular complexity index is 1150. The van der Waals surface area contributed by atoms with Crippen molar-refractivity contribution in [2.24, 2.45) is 0 Å². The molecule has 3 aromatic rings. The standard InChI is InChI=1S/C25H21Cl2N3O3/c26-18-8-6-17(7-9-18)14-15-29-22(16-23(31)28-20-4-2-1-3-5-20)24(32)30(25(29)33)21-12-10-19(27)11-13-21/h1-13,22H,14-16H2,(H,28,31)/t22-/m1/s1. The maximum atomic E-state index is 13.3. The molecule has 168 valence electrons. The van der Waals surface area contributed by atoms with Gasteiger partial charge in [0.25, 0.3) is 5.91 Å². The van der Waals surface area contributed by atoms with Crippen molar-refractivity contribution in [1.82, 2.24) is 4.90 Å². The normalized spacial score (nSPS) is 15.8. The van der Waals surface area contributed by atoms with Crippen LogP contribution in [0.25, 0.3) is 0 Å². The molecule has 3 aromatic carbocycles. The van der Waals surface area contributed by atoms with E-state index in [2.05, 4.69) is 5.32 Å². The molecule has 4 amide bonds. The molecular formula is C25H21Cl2N3O3. The molecule has 1 saturated heterocycles. The molecule has 1 atom stereocenters. The minimum atomic E-state index is -0.913. The van der Waals surface area contributed by atoms with Gasteiger partial charge in [-0.2, -0.15) is 0 Å². The highest BCUT2D eigenvalue weighted by atomic mass is 35.5. The Labute approximate surface area is 201 Å². The molecule has 0 aliphatic carbocycles. The second-order valence-corrected chi connectivity index (χ2v) is 8.51. The second kappa shape index (κ2) is 10.1. The number of hydrogen-bond acceptors (Lipinski definition) is 3. The first kappa shape index (κ1) is 22.8. The van der Waals surface area contributed by atoms with Crippen LogP contribution in [0.2, 0.25) is 10.0 Å². The highest BCUT2D eigenvalue weighted by Crippen LogP contribution is 2.28. The minimum Gasteiger partial charge on any atom is -0.326 e. The van der Waals surface area contributed by atoms with Crippen LogP contribution >= 0.6 is 23.2 Å². The van der Waals surface area contributed by atoms with Crippen LogP contribution in [0, 0.1) is 0 Å². The van der Waals surface area contributed by atoms with Crippen LogP contribution in [0.1, 0.15) is 12.0 Å². The average Bonchev–Trinajstić information content (AvgIpc) is 3.03. The fourth-order valence-electron chi connectivity index (χ4n) is 3.72. The summed E-state index contributed by atoms with van der Waals surface area (Å²) < 4.78 is 0. The van der Waals surface area contributed by atoms with Crippen molar-refractivity contribution in [3.63, 3.8) is 0 Å². The Morgan fingerprint density at radius 3 is 2.09 bits per heavy atom. The fourth-order valence-corrected chi connectivity index (χ4v) is 3.98. The summed E-state index contributed by atoms with van der Waals surface area (Å²) in [4.78, 5) is 41.8. The first-order valence-corrected chi connectivity index (χ1v) is 11.2. The SMILES string of the molecule is O=C(C[C@@H]1C(=O)N(c2ccc(Cl)cc2)C(=O)N1CCc1ccc(Cl)cc1)Nc1ccccc1. The zero-order valence-electron chi connectivity index (χ0n) is 17.6. The number of nitrogens with zero attached hydrogens (tertiary/aromatic N) is 2. The van der Waals surface area contributed by atoms with Gasteiger partial charge < -0.3 is 10.2 Å². The Kier molecular flexibility index (Phi) is 6.96. The first-order valence-electron chi connectivity index (χ1n) is 10.4. The number of imide groups is 1. The summed E-state index contributed by atoms with van der Waals surface area (Å²) in [6, 6.07) is 21.4. The maximum absolute atomic E-state index is 13.3. The lowest BCUT2D eigenvalue weighted by Crippen LogP contribution is -2.39. The molecule has 4 rings (SSSR count). The molecule has 33 heavy (non-hydrogen) atoms. The zero-order chi connectivity index (χ0) is 23.4. The molecule has 6 nitrogen and oxygen atoms in total. The van der Waals surface area contributed by atoms with Crippen molar-refractivity contribution >= 4 is 52.4 Å². The molecule has 1 aliphatic rings. The fraction of sp³-hybridized carbons (Fsp3) is 0.160. The summed E-state index contributed by atoms with van der Waals surface area (Å²) in [5, 5.41) is 3.90. The van der Waals surface area contributed by atoms with Crippen LogP contribution in [-0.2, 0) is 16.0 Å². The molecule has 1 N–H and O–H groups in total. The number of urea groups is 1. The third-order valence-electron chi connectivity index (χ3n) is 5.39. The van der Waals surface area contributed by atoms with Gasteiger partial charge in [0.05, 0.1) is 12.1 Å². The molecule has 8 heteroatoms. The van der Waals surface area contributed by atoms with Gasteiger partial charge in [-0.15, -0.1) is 0 Å². The summed E-state index contributed by atoms with van der Waals surface area (Å²) >= 11 is 11.9. The van der Waals surface area contributed by atoms with Crippen molar-refractivity contribution in [1.29, 1.82) is 0 Å². The summed E-state index contributed by atoms with van der Waals surface area (Å²) in [6.07, 6.45) is 0.367. The third kappa shape index (κ3) is 5.35.